The van der Waals surface area contributed by atoms with Gasteiger partial charge >= 0.3 is 0 Å². The van der Waals surface area contributed by atoms with Crippen molar-refractivity contribution in [3.8, 4) is 136 Å². The molecule has 0 N–H and O–H groups in total. The molecule has 4 aromatic heterocycles. The average Bonchev–Trinajstić information content (AvgIpc) is 0.702. The molecule has 0 radical (unpaired) electrons. The van der Waals surface area contributed by atoms with Gasteiger partial charge in [0.25, 0.3) is 0 Å². The number of nitrogens with zero attached hydrogens (tertiary/aromatic N) is 8. The van der Waals surface area contributed by atoms with Crippen molar-refractivity contribution in [1.29, 1.82) is 0 Å². The highest BCUT2D eigenvalue weighted by molar-refractivity contribution is 5.99. The summed E-state index contributed by atoms with van der Waals surface area (Å²) in [5, 5.41) is 9.51. The Morgan fingerprint density at radius 1 is 0.125 bits per heavy atom. The summed E-state index contributed by atoms with van der Waals surface area (Å²) in [4.78, 5) is 42.2. The van der Waals surface area contributed by atoms with Crippen LogP contribution >= 0.6 is 0 Å². The van der Waals surface area contributed by atoms with Crippen LogP contribution in [-0.4, -0.2) is 39.9 Å². The van der Waals surface area contributed by atoms with Crippen LogP contribution in [0, 0.1) is 0 Å². The van der Waals surface area contributed by atoms with E-state index in [-0.39, 0.29) is 23.7 Å². The van der Waals surface area contributed by atoms with Gasteiger partial charge in [0.1, 0.15) is 0 Å². The standard InChI is InChI=1S/2C60H38N4/c1-3-17-39(18-4-1)53-35-55(45-27-13-21-37-15-7-9-23-43(37)45)63-59(61-53)41-29-31-49-51(33-41)57-47-25-11-12-26-48(47)58(49)52-34-42(30-32-50(52)57)60-62-54(40-19-5-2-6-20-40)36-56(64-60)46-28-14-22-38-16-8-10-24-44(38)46;1-3-15-39(16-4-1)53-35-54(43-25-23-37-13-7-9-19-41(37)31-43)64-60(61-53)46-28-30-50-52(34-46)58-48-22-12-11-21-47(48)57(50)51-33-45(27-29-49(51)58)56-36-55(62-59(63-56)40-17-5-2-6-18-40)44-26-24-38-14-8-10-20-42(38)32-44/h2*1-36,57-58H. The van der Waals surface area contributed by atoms with Gasteiger partial charge < -0.3 is 0 Å². The van der Waals surface area contributed by atoms with E-state index in [9.17, 15) is 0 Å². The van der Waals surface area contributed by atoms with Crippen LogP contribution in [0.25, 0.3) is 179 Å². The Kier molecular flexibility index (Phi) is 17.7. The first-order valence-electron chi connectivity index (χ1n) is 43.9. The zero-order chi connectivity index (χ0) is 84.3. The summed E-state index contributed by atoms with van der Waals surface area (Å²) in [7, 11) is 0. The second kappa shape index (κ2) is 30.7. The summed E-state index contributed by atoms with van der Waals surface area (Å²) in [6.45, 7) is 0. The first-order valence-corrected chi connectivity index (χ1v) is 43.9. The highest BCUT2D eigenvalue weighted by atomic mass is 14.9. The van der Waals surface area contributed by atoms with Crippen LogP contribution in [0.2, 0.25) is 0 Å². The molecule has 128 heavy (non-hydrogen) atoms. The van der Waals surface area contributed by atoms with Gasteiger partial charge in [0.15, 0.2) is 23.3 Å². The quantitative estimate of drug-likeness (QED) is 0.119. The Labute approximate surface area is 740 Å². The van der Waals surface area contributed by atoms with Crippen molar-refractivity contribution in [3.05, 3.63) is 504 Å². The summed E-state index contributed by atoms with van der Waals surface area (Å²) in [5.74, 6) is 3.11. The molecule has 4 unspecified atom stereocenters. The number of rotatable bonds is 12. The summed E-state index contributed by atoms with van der Waals surface area (Å²) in [5.41, 5.74) is 35.8. The maximum absolute atomic E-state index is 5.34. The Hall–Kier alpha value is -16.7. The van der Waals surface area contributed by atoms with Crippen molar-refractivity contribution >= 4 is 43.1 Å². The first-order chi connectivity index (χ1) is 63.4. The third-order valence-corrected chi connectivity index (χ3v) is 26.5. The van der Waals surface area contributed by atoms with Crippen LogP contribution in [0.3, 0.4) is 0 Å². The molecule has 8 heteroatoms. The van der Waals surface area contributed by atoms with Crippen molar-refractivity contribution in [1.82, 2.24) is 39.9 Å². The molecule has 596 valence electrons. The third kappa shape index (κ3) is 12.9. The van der Waals surface area contributed by atoms with Crippen LogP contribution in [0.4, 0.5) is 0 Å². The molecular weight excluding hydrogens is 1550 g/mol. The smallest absolute Gasteiger partial charge is 0.160 e. The van der Waals surface area contributed by atoms with E-state index < -0.39 is 0 Å². The molecule has 0 aliphatic heterocycles. The van der Waals surface area contributed by atoms with Gasteiger partial charge in [-0.2, -0.15) is 0 Å². The summed E-state index contributed by atoms with van der Waals surface area (Å²) < 4.78 is 0. The fourth-order valence-electron chi connectivity index (χ4n) is 20.5. The largest absolute Gasteiger partial charge is 0.228 e. The Balaban J connectivity index is 0.000000139. The van der Waals surface area contributed by atoms with Gasteiger partial charge in [0, 0.05) is 90.4 Å². The van der Waals surface area contributed by atoms with Gasteiger partial charge in [0.05, 0.1) is 45.6 Å². The fourth-order valence-corrected chi connectivity index (χ4v) is 20.5. The molecule has 0 spiro atoms. The lowest BCUT2D eigenvalue weighted by Crippen LogP contribution is -2.27. The van der Waals surface area contributed by atoms with Gasteiger partial charge in [-0.25, -0.2) is 39.9 Å². The fraction of sp³-hybridized carbons (Fsp3) is 0.0333. The molecule has 0 fully saturated rings. The van der Waals surface area contributed by atoms with Crippen LogP contribution in [0.1, 0.15) is 90.4 Å². The first kappa shape index (κ1) is 74.0. The number of hydrogen-bond acceptors (Lipinski definition) is 8. The van der Waals surface area contributed by atoms with Crippen LogP contribution in [0.5, 0.6) is 0 Å². The second-order valence-corrected chi connectivity index (χ2v) is 33.9. The topological polar surface area (TPSA) is 103 Å². The molecule has 0 saturated carbocycles. The van der Waals surface area contributed by atoms with E-state index in [1.807, 2.05) is 36.4 Å². The highest BCUT2D eigenvalue weighted by Crippen LogP contribution is 2.59. The minimum Gasteiger partial charge on any atom is -0.228 e. The number of fused-ring (bicyclic) bond motifs is 4. The number of benzene rings is 18. The van der Waals surface area contributed by atoms with Crippen LogP contribution in [0.15, 0.2) is 437 Å². The predicted octanol–water partition coefficient (Wildman–Crippen LogP) is 29.1. The molecule has 0 saturated heterocycles. The lowest BCUT2D eigenvalue weighted by molar-refractivity contribution is 0.754. The normalized spacial score (nSPS) is 14.6. The SMILES string of the molecule is c1ccc(-c2cc(-c3ccc4ccccc4c3)nc(-c3ccc4c(c3)C3c5ccccc5C4c4cc(-c5cc(-c6ccc7ccccc7c6)nc(-c6ccccc6)n5)ccc43)n2)cc1.c1ccc(-c2cc(-c3cccc4ccccc34)nc(-c3ccc4c(c3)C3c5ccccc5C4c4cc(-c5nc(-c6ccccc6)cc(-c6cccc7ccccc67)n5)ccc43)n2)cc1. The Bertz CT molecular complexity index is 7740. The van der Waals surface area contributed by atoms with E-state index in [4.69, 9.17) is 39.9 Å². The van der Waals surface area contributed by atoms with Gasteiger partial charge in [-0.15, -0.1) is 0 Å². The molecule has 18 aromatic carbocycles. The van der Waals surface area contributed by atoms with E-state index in [1.165, 1.54) is 110 Å². The van der Waals surface area contributed by atoms with Gasteiger partial charge in [0.2, 0.25) is 0 Å². The van der Waals surface area contributed by atoms with Crippen molar-refractivity contribution in [3.63, 3.8) is 0 Å². The zero-order valence-corrected chi connectivity index (χ0v) is 69.5. The minimum absolute atomic E-state index is 0.0536. The highest BCUT2D eigenvalue weighted by Gasteiger charge is 2.44. The molecule has 4 heterocycles. The molecule has 22 aromatic rings. The van der Waals surface area contributed by atoms with E-state index >= 15 is 0 Å². The van der Waals surface area contributed by atoms with E-state index in [1.54, 1.807) is 0 Å². The maximum atomic E-state index is 5.34. The van der Waals surface area contributed by atoms with E-state index in [0.717, 1.165) is 130 Å². The van der Waals surface area contributed by atoms with Gasteiger partial charge in [-0.3, -0.25) is 0 Å². The van der Waals surface area contributed by atoms with Gasteiger partial charge in [-0.05, 0) is 171 Å². The Morgan fingerprint density at radius 2 is 0.359 bits per heavy atom. The summed E-state index contributed by atoms with van der Waals surface area (Å²) in [6, 6.07) is 156. The summed E-state index contributed by atoms with van der Waals surface area (Å²) in [6.07, 6.45) is 0. The van der Waals surface area contributed by atoms with Crippen molar-refractivity contribution in [2.75, 3.05) is 0 Å². The number of aromatic nitrogens is 8. The Morgan fingerprint density at radius 3 is 0.719 bits per heavy atom. The molecular formula is C120H76N8. The molecule has 6 aliphatic rings. The summed E-state index contributed by atoms with van der Waals surface area (Å²) >= 11 is 0. The predicted molar refractivity (Wildman–Crippen MR) is 520 cm³/mol. The monoisotopic (exact) mass is 1630 g/mol. The van der Waals surface area contributed by atoms with E-state index in [0.29, 0.717) is 5.82 Å². The van der Waals surface area contributed by atoms with Crippen molar-refractivity contribution in [2.24, 2.45) is 0 Å². The molecule has 6 aliphatic carbocycles. The number of hydrogen-bond donors (Lipinski definition) is 0. The third-order valence-electron chi connectivity index (χ3n) is 26.5. The molecule has 8 nitrogen and oxygen atoms in total. The molecule has 4 atom stereocenters. The molecule has 28 rings (SSSR count). The lowest BCUT2D eigenvalue weighted by atomic mass is 9.60. The van der Waals surface area contributed by atoms with Crippen molar-refractivity contribution in [2.45, 2.75) is 23.7 Å². The maximum Gasteiger partial charge on any atom is 0.160 e. The zero-order valence-electron chi connectivity index (χ0n) is 69.5. The molecule has 4 bridgehead atoms. The lowest BCUT2D eigenvalue weighted by Gasteiger charge is -2.42. The minimum atomic E-state index is 0.0536. The van der Waals surface area contributed by atoms with Crippen molar-refractivity contribution < 1.29 is 0 Å². The van der Waals surface area contributed by atoms with Crippen LogP contribution in [-0.2, 0) is 0 Å². The van der Waals surface area contributed by atoms with Crippen LogP contribution < -0.4 is 0 Å². The average molecular weight is 1630 g/mol. The van der Waals surface area contributed by atoms with E-state index in [2.05, 4.69) is 400 Å². The van der Waals surface area contributed by atoms with Gasteiger partial charge in [-0.1, -0.05) is 376 Å². The molecule has 0 amide bonds. The second-order valence-electron chi connectivity index (χ2n) is 33.9.